The highest BCUT2D eigenvalue weighted by Gasteiger charge is 2.20. The summed E-state index contributed by atoms with van der Waals surface area (Å²) in [5.74, 6) is 0.151. The van der Waals surface area contributed by atoms with Crippen molar-refractivity contribution in [3.05, 3.63) is 83.9 Å². The zero-order valence-electron chi connectivity index (χ0n) is 15.8. The van der Waals surface area contributed by atoms with Crippen molar-refractivity contribution in [1.82, 2.24) is 10.6 Å². The van der Waals surface area contributed by atoms with Gasteiger partial charge in [-0.05, 0) is 28.5 Å². The maximum Gasteiger partial charge on any atom is 0.251 e. The minimum Gasteiger partial charge on any atom is -0.350 e. The standard InChI is InChI=1S/C23H21N3O2S/c24-12-13-25-23(28)21(29-16-17-6-2-1-3-7-17)15-26-22(27)20-11-10-18-8-4-5-9-19(18)14-20/h1-11,14,21H,13,15-16H2,(H,25,28)(H,26,27). The van der Waals surface area contributed by atoms with Crippen LogP contribution in [0, 0.1) is 11.3 Å². The molecule has 0 radical (unpaired) electrons. The summed E-state index contributed by atoms with van der Waals surface area (Å²) in [7, 11) is 0. The molecule has 5 nitrogen and oxygen atoms in total. The van der Waals surface area contributed by atoms with Gasteiger partial charge in [0.15, 0.2) is 0 Å². The maximum absolute atomic E-state index is 12.6. The first-order valence-corrected chi connectivity index (χ1v) is 10.3. The molecule has 0 aliphatic heterocycles. The molecule has 0 saturated carbocycles. The predicted molar refractivity (Wildman–Crippen MR) is 116 cm³/mol. The number of carbonyl (C=O) groups excluding carboxylic acids is 2. The van der Waals surface area contributed by atoms with Crippen molar-refractivity contribution in [3.8, 4) is 6.07 Å². The lowest BCUT2D eigenvalue weighted by atomic mass is 10.1. The van der Waals surface area contributed by atoms with E-state index in [0.29, 0.717) is 11.3 Å². The van der Waals surface area contributed by atoms with E-state index >= 15 is 0 Å². The molecule has 2 N–H and O–H groups in total. The average Bonchev–Trinajstić information content (AvgIpc) is 2.77. The number of nitriles is 1. The number of thioether (sulfide) groups is 1. The van der Waals surface area contributed by atoms with Gasteiger partial charge in [-0.25, -0.2) is 0 Å². The van der Waals surface area contributed by atoms with Crippen LogP contribution in [0.5, 0.6) is 0 Å². The fourth-order valence-electron chi connectivity index (χ4n) is 2.86. The third kappa shape index (κ3) is 5.84. The monoisotopic (exact) mass is 403 g/mol. The zero-order valence-corrected chi connectivity index (χ0v) is 16.6. The van der Waals surface area contributed by atoms with E-state index in [2.05, 4.69) is 10.6 Å². The van der Waals surface area contributed by atoms with E-state index in [9.17, 15) is 9.59 Å². The van der Waals surface area contributed by atoms with E-state index in [4.69, 9.17) is 5.26 Å². The second-order valence-corrected chi connectivity index (χ2v) is 7.62. The molecule has 0 aliphatic rings. The number of carbonyl (C=O) groups is 2. The number of hydrogen-bond acceptors (Lipinski definition) is 4. The highest BCUT2D eigenvalue weighted by Crippen LogP contribution is 2.19. The Bertz CT molecular complexity index is 1030. The smallest absolute Gasteiger partial charge is 0.251 e. The van der Waals surface area contributed by atoms with Crippen LogP contribution >= 0.6 is 11.8 Å². The summed E-state index contributed by atoms with van der Waals surface area (Å²) in [5.41, 5.74) is 1.64. The van der Waals surface area contributed by atoms with Gasteiger partial charge in [0.05, 0.1) is 6.07 Å². The molecule has 6 heteroatoms. The van der Waals surface area contributed by atoms with Crippen LogP contribution in [0.3, 0.4) is 0 Å². The number of hydrogen-bond donors (Lipinski definition) is 2. The van der Waals surface area contributed by atoms with Crippen molar-refractivity contribution in [2.24, 2.45) is 0 Å². The van der Waals surface area contributed by atoms with Gasteiger partial charge in [0.2, 0.25) is 5.91 Å². The summed E-state index contributed by atoms with van der Waals surface area (Å²) in [5, 5.41) is 15.7. The summed E-state index contributed by atoms with van der Waals surface area (Å²) in [6, 6.07) is 25.1. The molecular weight excluding hydrogens is 382 g/mol. The van der Waals surface area contributed by atoms with Crippen molar-refractivity contribution in [2.75, 3.05) is 13.1 Å². The van der Waals surface area contributed by atoms with Gasteiger partial charge in [0, 0.05) is 17.9 Å². The predicted octanol–water partition coefficient (Wildman–Crippen LogP) is 3.51. The summed E-state index contributed by atoms with van der Waals surface area (Å²) in [6.45, 7) is 0.125. The second kappa shape index (κ2) is 10.3. The molecule has 3 aromatic rings. The van der Waals surface area contributed by atoms with Gasteiger partial charge in [-0.2, -0.15) is 5.26 Å². The van der Waals surface area contributed by atoms with Crippen LogP contribution in [0.25, 0.3) is 10.8 Å². The maximum atomic E-state index is 12.6. The Kier molecular flexibility index (Phi) is 7.26. The molecule has 0 bridgehead atoms. The molecule has 1 unspecified atom stereocenters. The van der Waals surface area contributed by atoms with Gasteiger partial charge < -0.3 is 10.6 Å². The number of rotatable bonds is 8. The molecule has 146 valence electrons. The summed E-state index contributed by atoms with van der Waals surface area (Å²) >= 11 is 1.44. The van der Waals surface area contributed by atoms with E-state index in [0.717, 1.165) is 16.3 Å². The molecule has 0 aromatic heterocycles. The minimum atomic E-state index is -0.493. The summed E-state index contributed by atoms with van der Waals surface area (Å²) in [6.07, 6.45) is 0. The van der Waals surface area contributed by atoms with E-state index in [1.54, 1.807) is 6.07 Å². The van der Waals surface area contributed by atoms with Gasteiger partial charge in [0.1, 0.15) is 11.8 Å². The van der Waals surface area contributed by atoms with Crippen LogP contribution in [0.4, 0.5) is 0 Å². The fourth-order valence-corrected chi connectivity index (χ4v) is 3.88. The SMILES string of the molecule is N#CCNC(=O)C(CNC(=O)c1ccc2ccccc2c1)SCc1ccccc1. The molecule has 0 spiro atoms. The van der Waals surface area contributed by atoms with Crippen LogP contribution < -0.4 is 10.6 Å². The van der Waals surface area contributed by atoms with Gasteiger partial charge >= 0.3 is 0 Å². The third-order valence-corrected chi connectivity index (χ3v) is 5.67. The number of benzene rings is 3. The lowest BCUT2D eigenvalue weighted by molar-refractivity contribution is -0.120. The third-order valence-electron chi connectivity index (χ3n) is 4.39. The zero-order chi connectivity index (χ0) is 20.5. The largest absolute Gasteiger partial charge is 0.350 e. The van der Waals surface area contributed by atoms with E-state index < -0.39 is 5.25 Å². The van der Waals surface area contributed by atoms with E-state index in [1.165, 1.54) is 11.8 Å². The topological polar surface area (TPSA) is 82.0 Å². The Hall–Kier alpha value is -3.30. The fraction of sp³-hybridized carbons (Fsp3) is 0.174. The van der Waals surface area contributed by atoms with Crippen molar-refractivity contribution >= 4 is 34.3 Å². The second-order valence-electron chi connectivity index (χ2n) is 6.43. The summed E-state index contributed by atoms with van der Waals surface area (Å²) < 4.78 is 0. The van der Waals surface area contributed by atoms with Crippen LogP contribution in [0.1, 0.15) is 15.9 Å². The first-order valence-electron chi connectivity index (χ1n) is 9.24. The molecule has 3 rings (SSSR count). The molecule has 0 aliphatic carbocycles. The minimum absolute atomic E-state index is 0.0557. The lowest BCUT2D eigenvalue weighted by Crippen LogP contribution is -2.41. The van der Waals surface area contributed by atoms with Crippen LogP contribution in [0.15, 0.2) is 72.8 Å². The van der Waals surface area contributed by atoms with Gasteiger partial charge in [-0.1, -0.05) is 60.7 Å². The Balaban J connectivity index is 1.64. The molecular formula is C23H21N3O2S. The van der Waals surface area contributed by atoms with E-state index in [-0.39, 0.29) is 24.9 Å². The van der Waals surface area contributed by atoms with Gasteiger partial charge in [-0.15, -0.1) is 11.8 Å². The molecule has 1 atom stereocenters. The molecule has 3 aromatic carbocycles. The van der Waals surface area contributed by atoms with Gasteiger partial charge in [-0.3, -0.25) is 9.59 Å². The van der Waals surface area contributed by atoms with Crippen molar-refractivity contribution in [3.63, 3.8) is 0 Å². The Morgan fingerprint density at radius 1 is 0.931 bits per heavy atom. The van der Waals surface area contributed by atoms with Crippen LogP contribution in [-0.4, -0.2) is 30.2 Å². The number of nitrogens with one attached hydrogen (secondary N) is 2. The number of amides is 2. The molecule has 0 saturated heterocycles. The number of nitrogens with zero attached hydrogens (tertiary/aromatic N) is 1. The molecule has 2 amide bonds. The van der Waals surface area contributed by atoms with Gasteiger partial charge in [0.25, 0.3) is 5.91 Å². The Morgan fingerprint density at radius 3 is 2.41 bits per heavy atom. The first kappa shape index (κ1) is 20.4. The Morgan fingerprint density at radius 2 is 1.66 bits per heavy atom. The average molecular weight is 404 g/mol. The molecule has 0 heterocycles. The Labute approximate surface area is 174 Å². The quantitative estimate of drug-likeness (QED) is 0.564. The van der Waals surface area contributed by atoms with Crippen LogP contribution in [-0.2, 0) is 10.5 Å². The molecule has 29 heavy (non-hydrogen) atoms. The number of fused-ring (bicyclic) bond motifs is 1. The highest BCUT2D eigenvalue weighted by atomic mass is 32.2. The molecule has 0 fully saturated rings. The van der Waals surface area contributed by atoms with Crippen LogP contribution in [0.2, 0.25) is 0 Å². The lowest BCUT2D eigenvalue weighted by Gasteiger charge is -2.16. The summed E-state index contributed by atoms with van der Waals surface area (Å²) in [4.78, 5) is 25.0. The van der Waals surface area contributed by atoms with Crippen molar-refractivity contribution < 1.29 is 9.59 Å². The van der Waals surface area contributed by atoms with E-state index in [1.807, 2.05) is 72.8 Å². The van der Waals surface area contributed by atoms with Crippen molar-refractivity contribution in [2.45, 2.75) is 11.0 Å². The normalized spacial score (nSPS) is 11.4. The first-order chi connectivity index (χ1) is 14.2. The van der Waals surface area contributed by atoms with Crippen molar-refractivity contribution in [1.29, 1.82) is 5.26 Å². The highest BCUT2D eigenvalue weighted by molar-refractivity contribution is 7.99.